The molecule has 2 heterocycles. The normalized spacial score (nSPS) is 14.2. The molecule has 8 heteroatoms. The number of rotatable bonds is 5. The highest BCUT2D eigenvalue weighted by Gasteiger charge is 2.22. The lowest BCUT2D eigenvalue weighted by molar-refractivity contribution is -0.128. The quantitative estimate of drug-likeness (QED) is 0.586. The summed E-state index contributed by atoms with van der Waals surface area (Å²) in [6, 6.07) is 15.5. The average molecular weight is 425 g/mol. The number of amides is 1. The number of aromatic nitrogens is 2. The van der Waals surface area contributed by atoms with E-state index in [-0.39, 0.29) is 17.2 Å². The monoisotopic (exact) mass is 424 g/mol. The number of piperazine rings is 1. The highest BCUT2D eigenvalue weighted by Crippen LogP contribution is 2.21. The summed E-state index contributed by atoms with van der Waals surface area (Å²) in [5.74, 6) is 1.08. The molecular formula is C22H24N4O3S. The van der Waals surface area contributed by atoms with Crippen LogP contribution in [0.3, 0.4) is 0 Å². The Balaban J connectivity index is 1.36. The number of thioether (sulfide) groups is 1. The number of nitrogens with zero attached hydrogens (tertiary/aromatic N) is 4. The van der Waals surface area contributed by atoms with E-state index in [1.54, 1.807) is 18.7 Å². The van der Waals surface area contributed by atoms with Gasteiger partial charge in [0.2, 0.25) is 5.91 Å². The Morgan fingerprint density at radius 2 is 1.77 bits per heavy atom. The van der Waals surface area contributed by atoms with Crippen LogP contribution >= 0.6 is 11.8 Å². The van der Waals surface area contributed by atoms with Gasteiger partial charge >= 0.3 is 0 Å². The van der Waals surface area contributed by atoms with E-state index in [0.29, 0.717) is 18.1 Å². The summed E-state index contributed by atoms with van der Waals surface area (Å²) < 4.78 is 6.79. The minimum atomic E-state index is -0.171. The molecule has 0 N–H and O–H groups in total. The number of methoxy groups -OCH3 is 1. The van der Waals surface area contributed by atoms with Crippen molar-refractivity contribution in [3.8, 4) is 5.75 Å². The lowest BCUT2D eigenvalue weighted by Gasteiger charge is -2.36. The summed E-state index contributed by atoms with van der Waals surface area (Å²) in [5.41, 5.74) is 2.49. The number of hydrogen-bond donors (Lipinski definition) is 0. The number of benzene rings is 2. The van der Waals surface area contributed by atoms with Crippen molar-refractivity contribution in [1.29, 1.82) is 0 Å². The first-order valence-electron chi connectivity index (χ1n) is 9.82. The van der Waals surface area contributed by atoms with E-state index in [4.69, 9.17) is 4.74 Å². The van der Waals surface area contributed by atoms with Crippen LogP contribution in [-0.2, 0) is 11.8 Å². The van der Waals surface area contributed by atoms with Crippen LogP contribution in [0.5, 0.6) is 5.75 Å². The molecule has 0 atom stereocenters. The SMILES string of the molecule is COc1ccc(N2CCN(C(=O)CSc3nc4ccccc4n(C)c3=O)CC2)cc1. The second-order valence-corrected chi connectivity index (χ2v) is 8.09. The maximum absolute atomic E-state index is 12.7. The topological polar surface area (TPSA) is 67.7 Å². The van der Waals surface area contributed by atoms with Gasteiger partial charge in [0.1, 0.15) is 5.75 Å². The molecule has 4 rings (SSSR count). The van der Waals surface area contributed by atoms with Gasteiger partial charge < -0.3 is 19.1 Å². The second kappa shape index (κ2) is 8.79. The molecule has 1 aliphatic rings. The van der Waals surface area contributed by atoms with Crippen molar-refractivity contribution in [2.45, 2.75) is 5.03 Å². The lowest BCUT2D eigenvalue weighted by Crippen LogP contribution is -2.49. The number of para-hydroxylation sites is 2. The molecule has 30 heavy (non-hydrogen) atoms. The fourth-order valence-electron chi connectivity index (χ4n) is 3.57. The van der Waals surface area contributed by atoms with Gasteiger partial charge in [0, 0.05) is 38.9 Å². The van der Waals surface area contributed by atoms with Gasteiger partial charge in [-0.15, -0.1) is 0 Å². The first-order valence-corrected chi connectivity index (χ1v) is 10.8. The highest BCUT2D eigenvalue weighted by atomic mass is 32.2. The third-order valence-electron chi connectivity index (χ3n) is 5.35. The zero-order valence-electron chi connectivity index (χ0n) is 17.1. The fraction of sp³-hybridized carbons (Fsp3) is 0.318. The maximum Gasteiger partial charge on any atom is 0.283 e. The van der Waals surface area contributed by atoms with Gasteiger partial charge in [-0.1, -0.05) is 23.9 Å². The van der Waals surface area contributed by atoms with E-state index >= 15 is 0 Å². The van der Waals surface area contributed by atoms with Crippen molar-refractivity contribution in [2.24, 2.45) is 7.05 Å². The zero-order valence-corrected chi connectivity index (χ0v) is 17.9. The van der Waals surface area contributed by atoms with Crippen molar-refractivity contribution < 1.29 is 9.53 Å². The van der Waals surface area contributed by atoms with Gasteiger partial charge in [-0.05, 0) is 36.4 Å². The summed E-state index contributed by atoms with van der Waals surface area (Å²) in [6.07, 6.45) is 0. The number of fused-ring (bicyclic) bond motifs is 1. The summed E-state index contributed by atoms with van der Waals surface area (Å²) in [5, 5.41) is 0.362. The highest BCUT2D eigenvalue weighted by molar-refractivity contribution is 7.99. The number of carbonyl (C=O) groups excluding carboxylic acids is 1. The van der Waals surface area contributed by atoms with Crippen molar-refractivity contribution >= 4 is 34.4 Å². The molecule has 2 aromatic carbocycles. The summed E-state index contributed by atoms with van der Waals surface area (Å²) in [4.78, 5) is 33.8. The zero-order chi connectivity index (χ0) is 21.1. The number of anilines is 1. The van der Waals surface area contributed by atoms with Gasteiger partial charge in [-0.2, -0.15) is 0 Å². The first kappa shape index (κ1) is 20.3. The molecule has 3 aromatic rings. The van der Waals surface area contributed by atoms with Crippen molar-refractivity contribution in [3.63, 3.8) is 0 Å². The predicted molar refractivity (Wildman–Crippen MR) is 119 cm³/mol. The Morgan fingerprint density at radius 1 is 1.07 bits per heavy atom. The van der Waals surface area contributed by atoms with Crippen LogP contribution in [0.15, 0.2) is 58.4 Å². The van der Waals surface area contributed by atoms with Gasteiger partial charge in [0.05, 0.1) is 23.9 Å². The van der Waals surface area contributed by atoms with Crippen LogP contribution in [0.4, 0.5) is 5.69 Å². The summed E-state index contributed by atoms with van der Waals surface area (Å²) in [6.45, 7) is 2.88. The number of ether oxygens (including phenoxy) is 1. The third kappa shape index (κ3) is 4.14. The smallest absolute Gasteiger partial charge is 0.283 e. The van der Waals surface area contributed by atoms with Crippen LogP contribution in [0.2, 0.25) is 0 Å². The largest absolute Gasteiger partial charge is 0.497 e. The third-order valence-corrected chi connectivity index (χ3v) is 6.29. The van der Waals surface area contributed by atoms with Crippen molar-refractivity contribution in [2.75, 3.05) is 43.9 Å². The van der Waals surface area contributed by atoms with Gasteiger partial charge in [-0.25, -0.2) is 4.98 Å². The van der Waals surface area contributed by atoms with Gasteiger partial charge in [0.25, 0.3) is 5.56 Å². The second-order valence-electron chi connectivity index (χ2n) is 7.12. The van der Waals surface area contributed by atoms with E-state index in [1.807, 2.05) is 53.4 Å². The van der Waals surface area contributed by atoms with Crippen LogP contribution < -0.4 is 15.2 Å². The molecule has 0 bridgehead atoms. The molecule has 1 aromatic heterocycles. The summed E-state index contributed by atoms with van der Waals surface area (Å²) >= 11 is 1.22. The number of hydrogen-bond acceptors (Lipinski definition) is 6. The van der Waals surface area contributed by atoms with E-state index in [0.717, 1.165) is 35.6 Å². The van der Waals surface area contributed by atoms with Crippen LogP contribution in [-0.4, -0.2) is 59.4 Å². The Labute approximate surface area is 179 Å². The molecular weight excluding hydrogens is 400 g/mol. The molecule has 156 valence electrons. The molecule has 1 amide bonds. The number of carbonyl (C=O) groups is 1. The van der Waals surface area contributed by atoms with Crippen molar-refractivity contribution in [3.05, 3.63) is 58.9 Å². The van der Waals surface area contributed by atoms with E-state index in [2.05, 4.69) is 9.88 Å². The lowest BCUT2D eigenvalue weighted by atomic mass is 10.2. The molecule has 0 aliphatic carbocycles. The Hall–Kier alpha value is -3.00. The average Bonchev–Trinajstić information content (AvgIpc) is 2.80. The molecule has 0 spiro atoms. The van der Waals surface area contributed by atoms with Gasteiger partial charge in [0.15, 0.2) is 5.03 Å². The van der Waals surface area contributed by atoms with E-state index < -0.39 is 0 Å². The number of aryl methyl sites for hydroxylation is 1. The summed E-state index contributed by atoms with van der Waals surface area (Å²) in [7, 11) is 3.39. The Morgan fingerprint density at radius 3 is 2.47 bits per heavy atom. The molecule has 0 radical (unpaired) electrons. The van der Waals surface area contributed by atoms with Crippen molar-refractivity contribution in [1.82, 2.24) is 14.5 Å². The Bertz CT molecular complexity index is 1110. The minimum absolute atomic E-state index is 0.0337. The molecule has 1 saturated heterocycles. The fourth-order valence-corrected chi connectivity index (χ4v) is 4.44. The maximum atomic E-state index is 12.7. The van der Waals surface area contributed by atoms with Crippen LogP contribution in [0.1, 0.15) is 0 Å². The molecule has 0 saturated carbocycles. The predicted octanol–water partition coefficient (Wildman–Crippen LogP) is 2.38. The molecule has 7 nitrogen and oxygen atoms in total. The Kier molecular flexibility index (Phi) is 5.94. The van der Waals surface area contributed by atoms with E-state index in [1.165, 1.54) is 11.8 Å². The van der Waals surface area contributed by atoms with Gasteiger partial charge in [-0.3, -0.25) is 9.59 Å². The van der Waals surface area contributed by atoms with Crippen LogP contribution in [0, 0.1) is 0 Å². The van der Waals surface area contributed by atoms with Crippen LogP contribution in [0.25, 0.3) is 11.0 Å². The first-order chi connectivity index (χ1) is 14.6. The molecule has 1 aliphatic heterocycles. The molecule has 0 unspecified atom stereocenters. The minimum Gasteiger partial charge on any atom is -0.497 e. The van der Waals surface area contributed by atoms with E-state index in [9.17, 15) is 9.59 Å². The standard InChI is InChI=1S/C22H24N4O3S/c1-24-19-6-4-3-5-18(19)23-21(22(24)28)30-15-20(27)26-13-11-25(12-14-26)16-7-9-17(29-2)10-8-16/h3-10H,11-15H2,1-2H3. The molecule has 1 fully saturated rings.